The molecule has 0 amide bonds. The molecule has 1 aromatic rings. The minimum atomic E-state index is -1.28. The Morgan fingerprint density at radius 3 is 2.64 bits per heavy atom. The van der Waals surface area contributed by atoms with Crippen LogP contribution in [0.4, 0.5) is 0 Å². The largest absolute Gasteiger partial charge is 0.504 e. The van der Waals surface area contributed by atoms with Crippen molar-refractivity contribution in [3.05, 3.63) is 18.2 Å². The summed E-state index contributed by atoms with van der Waals surface area (Å²) in [5, 5.41) is 27.1. The van der Waals surface area contributed by atoms with E-state index in [0.717, 1.165) is 0 Å². The number of hydrogen-bond donors (Lipinski definition) is 3. The summed E-state index contributed by atoms with van der Waals surface area (Å²) < 4.78 is 4.59. The van der Waals surface area contributed by atoms with Gasteiger partial charge in [0.2, 0.25) is 5.75 Å². The van der Waals surface area contributed by atoms with E-state index >= 15 is 0 Å². The summed E-state index contributed by atoms with van der Waals surface area (Å²) in [7, 11) is 0. The molecule has 76 valence electrons. The van der Waals surface area contributed by atoms with Crippen LogP contribution in [0, 0.1) is 0 Å². The van der Waals surface area contributed by atoms with Crippen molar-refractivity contribution in [3.8, 4) is 17.2 Å². The van der Waals surface area contributed by atoms with E-state index in [9.17, 15) is 9.90 Å². The molecule has 0 aliphatic carbocycles. The van der Waals surface area contributed by atoms with Crippen molar-refractivity contribution in [3.63, 3.8) is 0 Å². The Kier molecular flexibility index (Phi) is 2.93. The molecule has 0 saturated heterocycles. The Morgan fingerprint density at radius 2 is 2.07 bits per heavy atom. The molecule has 5 nitrogen and oxygen atoms in total. The number of rotatable bonds is 2. The fourth-order valence-electron chi connectivity index (χ4n) is 0.787. The first kappa shape index (κ1) is 10.3. The number of phenols is 2. The zero-order chi connectivity index (χ0) is 10.7. The predicted molar refractivity (Wildman–Crippen MR) is 47.1 cm³/mol. The van der Waals surface area contributed by atoms with Gasteiger partial charge in [-0.05, 0) is 19.1 Å². The molecule has 0 spiro atoms. The van der Waals surface area contributed by atoms with Crippen LogP contribution in [0.2, 0.25) is 0 Å². The highest BCUT2D eigenvalue weighted by atomic mass is 16.6. The van der Waals surface area contributed by atoms with Gasteiger partial charge in [-0.3, -0.25) is 0 Å². The maximum absolute atomic E-state index is 10.9. The number of phenolic OH excluding ortho intramolecular Hbond substituents is 2. The van der Waals surface area contributed by atoms with Crippen molar-refractivity contribution in [1.29, 1.82) is 0 Å². The first-order chi connectivity index (χ1) is 6.52. The molecule has 0 radical (unpaired) electrons. The zero-order valence-corrected chi connectivity index (χ0v) is 7.47. The summed E-state index contributed by atoms with van der Waals surface area (Å²) in [6, 6.07) is 3.95. The molecular formula is C9H10O5. The Bertz CT molecular complexity index is 345. The molecule has 1 aromatic carbocycles. The SMILES string of the molecule is CC(O)C(=O)Oc1cccc(O)c1O. The number of esters is 1. The lowest BCUT2D eigenvalue weighted by atomic mass is 10.3. The molecule has 0 fully saturated rings. The molecule has 5 heteroatoms. The quantitative estimate of drug-likeness (QED) is 0.363. The van der Waals surface area contributed by atoms with Crippen LogP contribution >= 0.6 is 0 Å². The average molecular weight is 198 g/mol. The third kappa shape index (κ3) is 2.14. The van der Waals surface area contributed by atoms with Crippen molar-refractivity contribution < 1.29 is 24.9 Å². The van der Waals surface area contributed by atoms with Gasteiger partial charge in [0.05, 0.1) is 0 Å². The minimum absolute atomic E-state index is 0.184. The molecule has 0 saturated carbocycles. The number of aliphatic hydroxyl groups is 1. The van der Waals surface area contributed by atoms with Gasteiger partial charge in [0.25, 0.3) is 0 Å². The highest BCUT2D eigenvalue weighted by molar-refractivity contribution is 5.77. The number of para-hydroxylation sites is 1. The highest BCUT2D eigenvalue weighted by Gasteiger charge is 2.15. The topological polar surface area (TPSA) is 87.0 Å². The predicted octanol–water partition coefficient (Wildman–Crippen LogP) is 0.384. The van der Waals surface area contributed by atoms with E-state index in [-0.39, 0.29) is 11.5 Å². The van der Waals surface area contributed by atoms with Gasteiger partial charge < -0.3 is 20.1 Å². The van der Waals surface area contributed by atoms with Gasteiger partial charge in [-0.1, -0.05) is 6.07 Å². The molecule has 0 aromatic heterocycles. The normalized spacial score (nSPS) is 12.1. The summed E-state index contributed by atoms with van der Waals surface area (Å²) in [6.45, 7) is 1.24. The number of hydrogen-bond acceptors (Lipinski definition) is 5. The van der Waals surface area contributed by atoms with E-state index < -0.39 is 17.8 Å². The summed E-state index contributed by atoms with van der Waals surface area (Å²) >= 11 is 0. The Balaban J connectivity index is 2.87. The maximum atomic E-state index is 10.9. The van der Waals surface area contributed by atoms with Crippen LogP contribution in [0.15, 0.2) is 18.2 Å². The van der Waals surface area contributed by atoms with Crippen molar-refractivity contribution >= 4 is 5.97 Å². The Labute approximate surface area is 80.2 Å². The van der Waals surface area contributed by atoms with Crippen molar-refractivity contribution in [2.24, 2.45) is 0 Å². The standard InChI is InChI=1S/C9H10O5/c1-5(10)9(13)14-7-4-2-3-6(11)8(7)12/h2-5,10-12H,1H3. The fourth-order valence-corrected chi connectivity index (χ4v) is 0.787. The first-order valence-corrected chi connectivity index (χ1v) is 3.93. The third-order valence-electron chi connectivity index (χ3n) is 1.53. The van der Waals surface area contributed by atoms with Crippen LogP contribution in [0.1, 0.15) is 6.92 Å². The lowest BCUT2D eigenvalue weighted by molar-refractivity contribution is -0.142. The highest BCUT2D eigenvalue weighted by Crippen LogP contribution is 2.34. The summed E-state index contributed by atoms with van der Waals surface area (Å²) in [4.78, 5) is 10.9. The van der Waals surface area contributed by atoms with E-state index in [1.807, 2.05) is 0 Å². The average Bonchev–Trinajstić information content (AvgIpc) is 2.12. The maximum Gasteiger partial charge on any atom is 0.340 e. The Hall–Kier alpha value is -1.75. The van der Waals surface area contributed by atoms with E-state index in [1.165, 1.54) is 25.1 Å². The molecule has 1 unspecified atom stereocenters. The van der Waals surface area contributed by atoms with Gasteiger partial charge in [0.1, 0.15) is 6.10 Å². The van der Waals surface area contributed by atoms with Gasteiger partial charge in [-0.2, -0.15) is 0 Å². The van der Waals surface area contributed by atoms with E-state index in [0.29, 0.717) is 0 Å². The molecular weight excluding hydrogens is 188 g/mol. The number of ether oxygens (including phenoxy) is 1. The number of carbonyl (C=O) groups excluding carboxylic acids is 1. The second kappa shape index (κ2) is 3.97. The van der Waals surface area contributed by atoms with Crippen LogP contribution < -0.4 is 4.74 Å². The van der Waals surface area contributed by atoms with Crippen LogP contribution in [-0.2, 0) is 4.79 Å². The molecule has 1 rings (SSSR count). The molecule has 3 N–H and O–H groups in total. The zero-order valence-electron chi connectivity index (χ0n) is 7.47. The van der Waals surface area contributed by atoms with E-state index in [4.69, 9.17) is 10.2 Å². The number of aromatic hydroxyl groups is 2. The third-order valence-corrected chi connectivity index (χ3v) is 1.53. The van der Waals surface area contributed by atoms with Crippen molar-refractivity contribution in [1.82, 2.24) is 0 Å². The fraction of sp³-hybridized carbons (Fsp3) is 0.222. The smallest absolute Gasteiger partial charge is 0.340 e. The van der Waals surface area contributed by atoms with Crippen LogP contribution in [0.25, 0.3) is 0 Å². The van der Waals surface area contributed by atoms with E-state index in [2.05, 4.69) is 4.74 Å². The van der Waals surface area contributed by atoms with Crippen LogP contribution in [0.5, 0.6) is 17.2 Å². The van der Waals surface area contributed by atoms with Crippen LogP contribution in [-0.4, -0.2) is 27.4 Å². The minimum Gasteiger partial charge on any atom is -0.504 e. The monoisotopic (exact) mass is 198 g/mol. The lowest BCUT2D eigenvalue weighted by Crippen LogP contribution is -2.22. The summed E-state index contributed by atoms with van der Waals surface area (Å²) in [5.41, 5.74) is 0. The molecule has 0 heterocycles. The summed E-state index contributed by atoms with van der Waals surface area (Å²) in [5.74, 6) is -2.00. The molecule has 14 heavy (non-hydrogen) atoms. The van der Waals surface area contributed by atoms with Gasteiger partial charge in [0, 0.05) is 0 Å². The molecule has 0 bridgehead atoms. The van der Waals surface area contributed by atoms with Gasteiger partial charge >= 0.3 is 5.97 Å². The molecule has 0 aliphatic heterocycles. The number of aliphatic hydroxyl groups excluding tert-OH is 1. The van der Waals surface area contributed by atoms with Gasteiger partial charge in [-0.15, -0.1) is 0 Å². The first-order valence-electron chi connectivity index (χ1n) is 3.93. The lowest BCUT2D eigenvalue weighted by Gasteiger charge is -2.07. The molecule has 1 atom stereocenters. The van der Waals surface area contributed by atoms with Crippen LogP contribution in [0.3, 0.4) is 0 Å². The number of benzene rings is 1. The second-order valence-electron chi connectivity index (χ2n) is 2.72. The van der Waals surface area contributed by atoms with Gasteiger partial charge in [0.15, 0.2) is 11.5 Å². The van der Waals surface area contributed by atoms with Crippen molar-refractivity contribution in [2.75, 3.05) is 0 Å². The number of carbonyl (C=O) groups is 1. The molecule has 0 aliphatic rings. The van der Waals surface area contributed by atoms with E-state index in [1.54, 1.807) is 0 Å². The summed E-state index contributed by atoms with van der Waals surface area (Å²) in [6.07, 6.45) is -1.28. The second-order valence-corrected chi connectivity index (χ2v) is 2.72. The van der Waals surface area contributed by atoms with Crippen molar-refractivity contribution in [2.45, 2.75) is 13.0 Å². The van der Waals surface area contributed by atoms with Gasteiger partial charge in [-0.25, -0.2) is 4.79 Å². The Morgan fingerprint density at radius 1 is 1.43 bits per heavy atom.